The molecule has 2 aliphatic rings. The standard InChI is InChI=1S/C18H26N4O5/c1-12-18(22(25)26)13(2)21(19-12)10-17(24)27-11-16(23)20-9-5-7-14-6-3-4-8-15(14)20/h14-15H,3-11H2,1-2H3/t14-,15+/m1/s1. The van der Waals surface area contributed by atoms with Crippen molar-refractivity contribution in [2.75, 3.05) is 13.2 Å². The van der Waals surface area contributed by atoms with Crippen molar-refractivity contribution in [3.05, 3.63) is 21.5 Å². The third kappa shape index (κ3) is 4.12. The molecule has 1 amide bonds. The van der Waals surface area contributed by atoms with Crippen molar-refractivity contribution >= 4 is 17.6 Å². The summed E-state index contributed by atoms with van der Waals surface area (Å²) in [7, 11) is 0. The Hall–Kier alpha value is -2.45. The summed E-state index contributed by atoms with van der Waals surface area (Å²) in [5, 5.41) is 15.1. The molecule has 3 rings (SSSR count). The van der Waals surface area contributed by atoms with Crippen molar-refractivity contribution in [1.82, 2.24) is 14.7 Å². The summed E-state index contributed by atoms with van der Waals surface area (Å²) in [6, 6.07) is 0.275. The molecule has 1 aromatic heterocycles. The lowest BCUT2D eigenvalue weighted by molar-refractivity contribution is -0.386. The zero-order valence-electron chi connectivity index (χ0n) is 15.8. The van der Waals surface area contributed by atoms with Crippen molar-refractivity contribution in [3.63, 3.8) is 0 Å². The minimum atomic E-state index is -0.624. The van der Waals surface area contributed by atoms with Gasteiger partial charge >= 0.3 is 11.7 Å². The summed E-state index contributed by atoms with van der Waals surface area (Å²) >= 11 is 0. The number of amides is 1. The molecular weight excluding hydrogens is 352 g/mol. The first-order chi connectivity index (χ1) is 12.9. The summed E-state index contributed by atoms with van der Waals surface area (Å²) in [5.74, 6) is -0.206. The number of aryl methyl sites for hydroxylation is 1. The molecule has 148 valence electrons. The van der Waals surface area contributed by atoms with Gasteiger partial charge in [-0.1, -0.05) is 12.8 Å². The lowest BCUT2D eigenvalue weighted by Crippen LogP contribution is -2.51. The van der Waals surface area contributed by atoms with Gasteiger partial charge in [0.05, 0.1) is 4.92 Å². The number of hydrogen-bond donors (Lipinski definition) is 0. The Morgan fingerprint density at radius 2 is 1.93 bits per heavy atom. The number of likely N-dealkylation sites (tertiary alicyclic amines) is 1. The van der Waals surface area contributed by atoms with E-state index in [-0.39, 0.29) is 36.5 Å². The molecule has 1 saturated carbocycles. The largest absolute Gasteiger partial charge is 0.454 e. The molecule has 2 fully saturated rings. The highest BCUT2D eigenvalue weighted by Crippen LogP contribution is 2.35. The minimum absolute atomic E-state index is 0.101. The Bertz CT molecular complexity index is 742. The van der Waals surface area contributed by atoms with Crippen LogP contribution in [0.3, 0.4) is 0 Å². The lowest BCUT2D eigenvalue weighted by atomic mass is 9.78. The molecule has 9 heteroatoms. The molecule has 0 bridgehead atoms. The molecule has 1 aliphatic heterocycles. The molecule has 1 aromatic rings. The summed E-state index contributed by atoms with van der Waals surface area (Å²) in [6.07, 6.45) is 6.74. The monoisotopic (exact) mass is 378 g/mol. The number of piperidine rings is 1. The average molecular weight is 378 g/mol. The van der Waals surface area contributed by atoms with Crippen LogP contribution in [0.15, 0.2) is 0 Å². The number of carbonyl (C=O) groups is 2. The number of hydrogen-bond acceptors (Lipinski definition) is 6. The molecule has 1 saturated heterocycles. The SMILES string of the molecule is Cc1nn(CC(=O)OCC(=O)N2CCC[C@H]3CCCC[C@@H]32)c(C)c1[N+](=O)[O-]. The smallest absolute Gasteiger partial charge is 0.328 e. The van der Waals surface area contributed by atoms with Gasteiger partial charge in [0.15, 0.2) is 6.61 Å². The fraction of sp³-hybridized carbons (Fsp3) is 0.722. The van der Waals surface area contributed by atoms with Gasteiger partial charge in [-0.3, -0.25) is 24.4 Å². The van der Waals surface area contributed by atoms with E-state index in [4.69, 9.17) is 4.74 Å². The van der Waals surface area contributed by atoms with E-state index in [0.29, 0.717) is 11.6 Å². The number of nitrogens with zero attached hydrogens (tertiary/aromatic N) is 4. The molecule has 0 unspecified atom stereocenters. The van der Waals surface area contributed by atoms with Crippen LogP contribution in [0.1, 0.15) is 49.9 Å². The van der Waals surface area contributed by atoms with Crippen LogP contribution in [0.2, 0.25) is 0 Å². The van der Waals surface area contributed by atoms with E-state index in [2.05, 4.69) is 5.10 Å². The molecule has 0 spiro atoms. The second kappa shape index (κ2) is 8.06. The molecule has 27 heavy (non-hydrogen) atoms. The van der Waals surface area contributed by atoms with Crippen molar-refractivity contribution in [2.45, 2.75) is 65.0 Å². The first-order valence-electron chi connectivity index (χ1n) is 9.52. The number of carbonyl (C=O) groups excluding carboxylic acids is 2. The van der Waals surface area contributed by atoms with Gasteiger partial charge in [0.2, 0.25) is 0 Å². The number of aromatic nitrogens is 2. The molecule has 2 heterocycles. The van der Waals surface area contributed by atoms with Gasteiger partial charge in [0.1, 0.15) is 17.9 Å². The molecular formula is C18H26N4O5. The van der Waals surface area contributed by atoms with Crippen molar-refractivity contribution in [2.24, 2.45) is 5.92 Å². The van der Waals surface area contributed by atoms with E-state index in [9.17, 15) is 19.7 Å². The maximum absolute atomic E-state index is 12.6. The van der Waals surface area contributed by atoms with Gasteiger partial charge < -0.3 is 9.64 Å². The van der Waals surface area contributed by atoms with Crippen LogP contribution in [0.5, 0.6) is 0 Å². The topological polar surface area (TPSA) is 108 Å². The van der Waals surface area contributed by atoms with E-state index in [1.807, 2.05) is 4.90 Å². The van der Waals surface area contributed by atoms with E-state index in [1.54, 1.807) is 0 Å². The Labute approximate surface area is 157 Å². The molecule has 2 atom stereocenters. The van der Waals surface area contributed by atoms with Gasteiger partial charge in [0.25, 0.3) is 5.91 Å². The van der Waals surface area contributed by atoms with Crippen LogP contribution < -0.4 is 0 Å². The van der Waals surface area contributed by atoms with E-state index in [0.717, 1.165) is 25.8 Å². The van der Waals surface area contributed by atoms with E-state index < -0.39 is 10.9 Å². The maximum atomic E-state index is 12.6. The van der Waals surface area contributed by atoms with Crippen LogP contribution in [0, 0.1) is 29.9 Å². The van der Waals surface area contributed by atoms with Gasteiger partial charge in [0, 0.05) is 12.6 Å². The predicted molar refractivity (Wildman–Crippen MR) is 96.0 cm³/mol. The molecule has 1 aliphatic carbocycles. The summed E-state index contributed by atoms with van der Waals surface area (Å²) in [4.78, 5) is 37.1. The normalized spacial score (nSPS) is 22.2. The summed E-state index contributed by atoms with van der Waals surface area (Å²) < 4.78 is 6.39. The Balaban J connectivity index is 1.55. The predicted octanol–water partition coefficient (Wildman–Crippen LogP) is 2.13. The van der Waals surface area contributed by atoms with Gasteiger partial charge in [-0.05, 0) is 45.4 Å². The third-order valence-electron chi connectivity index (χ3n) is 5.72. The van der Waals surface area contributed by atoms with Crippen molar-refractivity contribution in [1.29, 1.82) is 0 Å². The molecule has 0 N–H and O–H groups in total. The minimum Gasteiger partial charge on any atom is -0.454 e. The van der Waals surface area contributed by atoms with Gasteiger partial charge in [-0.15, -0.1) is 0 Å². The fourth-order valence-corrected chi connectivity index (χ4v) is 4.43. The lowest BCUT2D eigenvalue weighted by Gasteiger charge is -2.44. The highest BCUT2D eigenvalue weighted by atomic mass is 16.6. The highest BCUT2D eigenvalue weighted by Gasteiger charge is 2.35. The Morgan fingerprint density at radius 3 is 2.63 bits per heavy atom. The van der Waals surface area contributed by atoms with Crippen LogP contribution in [-0.2, 0) is 20.9 Å². The van der Waals surface area contributed by atoms with Crippen LogP contribution in [0.25, 0.3) is 0 Å². The van der Waals surface area contributed by atoms with Crippen LogP contribution in [-0.4, -0.2) is 50.7 Å². The summed E-state index contributed by atoms with van der Waals surface area (Å²) in [6.45, 7) is 3.24. The first kappa shape index (κ1) is 19.3. The van der Waals surface area contributed by atoms with E-state index in [1.165, 1.54) is 37.8 Å². The molecule has 0 aromatic carbocycles. The Morgan fingerprint density at radius 1 is 1.22 bits per heavy atom. The highest BCUT2D eigenvalue weighted by molar-refractivity contribution is 5.81. The molecule has 0 radical (unpaired) electrons. The second-order valence-electron chi connectivity index (χ2n) is 7.44. The second-order valence-corrected chi connectivity index (χ2v) is 7.44. The first-order valence-corrected chi connectivity index (χ1v) is 9.52. The van der Waals surface area contributed by atoms with Crippen molar-refractivity contribution in [3.8, 4) is 0 Å². The molecule has 9 nitrogen and oxygen atoms in total. The zero-order valence-corrected chi connectivity index (χ0v) is 15.8. The van der Waals surface area contributed by atoms with Crippen molar-refractivity contribution < 1.29 is 19.2 Å². The van der Waals surface area contributed by atoms with E-state index >= 15 is 0 Å². The van der Waals surface area contributed by atoms with Crippen LogP contribution in [0.4, 0.5) is 5.69 Å². The quantitative estimate of drug-likeness (QED) is 0.441. The third-order valence-corrected chi connectivity index (χ3v) is 5.72. The number of nitro groups is 1. The maximum Gasteiger partial charge on any atom is 0.328 e. The number of rotatable bonds is 5. The number of fused-ring (bicyclic) bond motifs is 1. The number of ether oxygens (including phenoxy) is 1. The van der Waals surface area contributed by atoms with Gasteiger partial charge in [-0.25, -0.2) is 0 Å². The van der Waals surface area contributed by atoms with Gasteiger partial charge in [-0.2, -0.15) is 5.10 Å². The zero-order chi connectivity index (χ0) is 19.6. The average Bonchev–Trinajstić information content (AvgIpc) is 2.92. The van der Waals surface area contributed by atoms with Crippen LogP contribution >= 0.6 is 0 Å². The fourth-order valence-electron chi connectivity index (χ4n) is 4.43. The Kier molecular flexibility index (Phi) is 5.76. The number of esters is 1. The summed E-state index contributed by atoms with van der Waals surface area (Å²) in [5.41, 5.74) is 0.440.